The molecule has 40 heavy (non-hydrogen) atoms. The van der Waals surface area contributed by atoms with Crippen LogP contribution in [-0.4, -0.2) is 23.4 Å². The molecule has 0 saturated heterocycles. The van der Waals surface area contributed by atoms with Gasteiger partial charge in [-0.15, -0.1) is 23.5 Å². The number of ether oxygens (including phenoxy) is 2. The van der Waals surface area contributed by atoms with Crippen LogP contribution in [0.3, 0.4) is 0 Å². The molecule has 0 aliphatic rings. The van der Waals surface area contributed by atoms with Gasteiger partial charge in [0.1, 0.15) is 11.5 Å². The number of carbonyl (C=O) groups excluding carboxylic acids is 2. The summed E-state index contributed by atoms with van der Waals surface area (Å²) in [7, 11) is 0. The smallest absolute Gasteiger partial charge is 0.343 e. The van der Waals surface area contributed by atoms with Gasteiger partial charge in [-0.2, -0.15) is 0 Å². The second kappa shape index (κ2) is 18.6. The summed E-state index contributed by atoms with van der Waals surface area (Å²) in [5, 5.41) is 0. The van der Waals surface area contributed by atoms with Gasteiger partial charge in [0.2, 0.25) is 0 Å². The highest BCUT2D eigenvalue weighted by atomic mass is 32.2. The average molecular weight is 579 g/mol. The van der Waals surface area contributed by atoms with Crippen molar-refractivity contribution in [2.24, 2.45) is 0 Å². The van der Waals surface area contributed by atoms with Crippen molar-refractivity contribution in [3.63, 3.8) is 0 Å². The monoisotopic (exact) mass is 578 g/mol. The van der Waals surface area contributed by atoms with E-state index in [1.54, 1.807) is 48.5 Å². The van der Waals surface area contributed by atoms with Gasteiger partial charge in [0.15, 0.2) is 0 Å². The van der Waals surface area contributed by atoms with Crippen LogP contribution in [0.5, 0.6) is 11.5 Å². The Morgan fingerprint density at radius 1 is 0.500 bits per heavy atom. The van der Waals surface area contributed by atoms with Gasteiger partial charge in [-0.25, -0.2) is 9.59 Å². The van der Waals surface area contributed by atoms with Gasteiger partial charge in [-0.3, -0.25) is 0 Å². The van der Waals surface area contributed by atoms with Crippen LogP contribution in [0.15, 0.2) is 82.6 Å². The maximum atomic E-state index is 12.6. The van der Waals surface area contributed by atoms with Crippen molar-refractivity contribution in [1.82, 2.24) is 0 Å². The van der Waals surface area contributed by atoms with Crippen LogP contribution in [0.25, 0.3) is 0 Å². The molecule has 6 heteroatoms. The molecule has 0 heterocycles. The molecule has 3 rings (SSSR count). The molecule has 4 nitrogen and oxygen atoms in total. The van der Waals surface area contributed by atoms with Gasteiger partial charge < -0.3 is 9.47 Å². The third-order valence-electron chi connectivity index (χ3n) is 6.46. The maximum Gasteiger partial charge on any atom is 0.343 e. The summed E-state index contributed by atoms with van der Waals surface area (Å²) in [5.74, 6) is 2.14. The molecule has 0 bridgehead atoms. The summed E-state index contributed by atoms with van der Waals surface area (Å²) in [6.07, 6.45) is 12.7. The normalized spacial score (nSPS) is 10.8. The van der Waals surface area contributed by atoms with E-state index >= 15 is 0 Å². The van der Waals surface area contributed by atoms with Gasteiger partial charge in [0.25, 0.3) is 0 Å². The van der Waals surface area contributed by atoms with E-state index < -0.39 is 11.9 Å². The standard InChI is InChI=1S/C34H42O4S2/c1-3-5-7-9-11-25-39-31-21-13-27(14-22-31)33(35)37-29-17-19-30(20-18-29)38-34(36)28-15-23-32(24-16-28)40-26-12-10-8-6-4-2/h13-24H,3-12,25-26H2,1-2H3. The fourth-order valence-corrected chi connectivity index (χ4v) is 5.90. The van der Waals surface area contributed by atoms with Crippen molar-refractivity contribution in [3.8, 4) is 11.5 Å². The Bertz CT molecular complexity index is 1050. The lowest BCUT2D eigenvalue weighted by atomic mass is 10.2. The molecule has 0 unspecified atom stereocenters. The third kappa shape index (κ3) is 11.8. The molecule has 3 aromatic carbocycles. The Labute approximate surface area is 248 Å². The van der Waals surface area contributed by atoms with Gasteiger partial charge in [-0.05, 0) is 97.1 Å². The fourth-order valence-electron chi connectivity index (χ4n) is 4.07. The van der Waals surface area contributed by atoms with Crippen LogP contribution < -0.4 is 9.47 Å². The van der Waals surface area contributed by atoms with Crippen LogP contribution >= 0.6 is 23.5 Å². The summed E-state index contributed by atoms with van der Waals surface area (Å²) >= 11 is 3.64. The molecular formula is C34H42O4S2. The minimum Gasteiger partial charge on any atom is -0.423 e. The average Bonchev–Trinajstić information content (AvgIpc) is 2.98. The minimum absolute atomic E-state index is 0.395. The highest BCUT2D eigenvalue weighted by Crippen LogP contribution is 2.24. The van der Waals surface area contributed by atoms with Crippen molar-refractivity contribution in [1.29, 1.82) is 0 Å². The van der Waals surface area contributed by atoms with Crippen molar-refractivity contribution >= 4 is 35.5 Å². The highest BCUT2D eigenvalue weighted by molar-refractivity contribution is 7.99. The van der Waals surface area contributed by atoms with Crippen LogP contribution in [0.2, 0.25) is 0 Å². The van der Waals surface area contributed by atoms with Crippen LogP contribution in [0, 0.1) is 0 Å². The molecule has 0 saturated carbocycles. The Morgan fingerprint density at radius 3 is 1.20 bits per heavy atom. The van der Waals surface area contributed by atoms with E-state index in [0.29, 0.717) is 22.6 Å². The molecule has 0 radical (unpaired) electrons. The quantitative estimate of drug-likeness (QED) is 0.0648. The van der Waals surface area contributed by atoms with E-state index in [1.807, 2.05) is 47.8 Å². The van der Waals surface area contributed by atoms with Crippen molar-refractivity contribution in [2.45, 2.75) is 87.8 Å². The second-order valence-electron chi connectivity index (χ2n) is 9.82. The van der Waals surface area contributed by atoms with E-state index in [2.05, 4.69) is 13.8 Å². The molecule has 214 valence electrons. The predicted molar refractivity (Wildman–Crippen MR) is 168 cm³/mol. The molecule has 0 atom stereocenters. The zero-order chi connectivity index (χ0) is 28.4. The zero-order valence-corrected chi connectivity index (χ0v) is 25.5. The zero-order valence-electron chi connectivity index (χ0n) is 23.9. The van der Waals surface area contributed by atoms with Gasteiger partial charge >= 0.3 is 11.9 Å². The molecular weight excluding hydrogens is 537 g/mol. The van der Waals surface area contributed by atoms with Crippen LogP contribution in [0.1, 0.15) is 98.8 Å². The maximum absolute atomic E-state index is 12.6. The molecule has 0 fully saturated rings. The summed E-state index contributed by atoms with van der Waals surface area (Å²) in [6.45, 7) is 4.45. The van der Waals surface area contributed by atoms with E-state index in [1.165, 1.54) is 64.2 Å². The Kier molecular flexibility index (Phi) is 14.8. The number of benzene rings is 3. The largest absolute Gasteiger partial charge is 0.423 e. The fraction of sp³-hybridized carbons (Fsp3) is 0.412. The SMILES string of the molecule is CCCCCCCSc1ccc(C(=O)Oc2ccc(OC(=O)c3ccc(SCCCCCCC)cc3)cc2)cc1. The highest BCUT2D eigenvalue weighted by Gasteiger charge is 2.11. The number of carbonyl (C=O) groups is 2. The second-order valence-corrected chi connectivity index (χ2v) is 12.2. The topological polar surface area (TPSA) is 52.6 Å². The van der Waals surface area contributed by atoms with Gasteiger partial charge in [0, 0.05) is 9.79 Å². The summed E-state index contributed by atoms with van der Waals surface area (Å²) < 4.78 is 11.0. The Balaban J connectivity index is 1.40. The van der Waals surface area contributed by atoms with E-state index in [-0.39, 0.29) is 0 Å². The molecule has 0 amide bonds. The van der Waals surface area contributed by atoms with Crippen molar-refractivity contribution in [2.75, 3.05) is 11.5 Å². The van der Waals surface area contributed by atoms with Crippen molar-refractivity contribution in [3.05, 3.63) is 83.9 Å². The lowest BCUT2D eigenvalue weighted by Gasteiger charge is -2.08. The first kappa shape index (κ1) is 31.8. The minimum atomic E-state index is -0.417. The Morgan fingerprint density at radius 2 is 0.850 bits per heavy atom. The van der Waals surface area contributed by atoms with Crippen LogP contribution in [0.4, 0.5) is 0 Å². The molecule has 0 aromatic heterocycles. The summed E-state index contributed by atoms with van der Waals surface area (Å²) in [5.41, 5.74) is 1.00. The summed E-state index contributed by atoms with van der Waals surface area (Å²) in [4.78, 5) is 27.5. The first-order chi connectivity index (χ1) is 19.6. The number of thioether (sulfide) groups is 2. The molecule has 0 aliphatic heterocycles. The van der Waals surface area contributed by atoms with E-state index in [9.17, 15) is 9.59 Å². The third-order valence-corrected chi connectivity index (χ3v) is 8.65. The number of rotatable bonds is 18. The molecule has 0 spiro atoms. The molecule has 0 aliphatic carbocycles. The van der Waals surface area contributed by atoms with Gasteiger partial charge in [-0.1, -0.05) is 65.2 Å². The number of hydrogen-bond donors (Lipinski definition) is 0. The van der Waals surface area contributed by atoms with E-state index in [0.717, 1.165) is 21.3 Å². The number of esters is 2. The van der Waals surface area contributed by atoms with Gasteiger partial charge in [0.05, 0.1) is 11.1 Å². The van der Waals surface area contributed by atoms with Crippen LogP contribution in [-0.2, 0) is 0 Å². The molecule has 0 N–H and O–H groups in total. The van der Waals surface area contributed by atoms with Crippen molar-refractivity contribution < 1.29 is 19.1 Å². The number of hydrogen-bond acceptors (Lipinski definition) is 6. The number of unbranched alkanes of at least 4 members (excludes halogenated alkanes) is 8. The first-order valence-electron chi connectivity index (χ1n) is 14.6. The predicted octanol–water partition coefficient (Wildman–Crippen LogP) is 10.2. The summed E-state index contributed by atoms with van der Waals surface area (Å²) in [6, 6.07) is 21.6. The lowest BCUT2D eigenvalue weighted by molar-refractivity contribution is 0.0719. The Hall–Kier alpha value is -2.70. The first-order valence-corrected chi connectivity index (χ1v) is 16.6. The molecule has 3 aromatic rings. The lowest BCUT2D eigenvalue weighted by Crippen LogP contribution is -2.09. The van der Waals surface area contributed by atoms with E-state index in [4.69, 9.17) is 9.47 Å².